The monoisotopic (exact) mass is 261 g/mol. The van der Waals surface area contributed by atoms with Gasteiger partial charge in [-0.2, -0.15) is 0 Å². The number of ether oxygens (including phenoxy) is 1. The van der Waals surface area contributed by atoms with Gasteiger partial charge < -0.3 is 14.3 Å². The number of carboxylic acids is 1. The molecule has 0 saturated heterocycles. The van der Waals surface area contributed by atoms with Crippen molar-refractivity contribution in [3.8, 4) is 17.1 Å². The molecular weight excluding hydrogens is 246 g/mol. The summed E-state index contributed by atoms with van der Waals surface area (Å²) >= 11 is 0. The Morgan fingerprint density at radius 3 is 2.74 bits per heavy atom. The zero-order valence-corrected chi connectivity index (χ0v) is 10.6. The molecule has 2 aromatic rings. The first kappa shape index (κ1) is 13.1. The number of hydrogen-bond donors (Lipinski definition) is 1. The Kier molecular flexibility index (Phi) is 4.18. The van der Waals surface area contributed by atoms with Crippen LogP contribution in [0.25, 0.3) is 11.3 Å². The quantitative estimate of drug-likeness (QED) is 0.865. The summed E-state index contributed by atoms with van der Waals surface area (Å²) in [4.78, 5) is 14.5. The fourth-order valence-corrected chi connectivity index (χ4v) is 1.66. The Morgan fingerprint density at radius 2 is 2.11 bits per heavy atom. The molecule has 2 rings (SSSR count). The summed E-state index contributed by atoms with van der Waals surface area (Å²) in [5.41, 5.74) is 0.887. The van der Waals surface area contributed by atoms with Crippen LogP contribution in [0.15, 0.2) is 34.9 Å². The zero-order chi connectivity index (χ0) is 13.7. The van der Waals surface area contributed by atoms with Crippen molar-refractivity contribution in [2.45, 2.75) is 19.8 Å². The maximum atomic E-state index is 10.5. The Labute approximate surface area is 110 Å². The maximum absolute atomic E-state index is 10.5. The van der Waals surface area contributed by atoms with E-state index in [1.54, 1.807) is 6.20 Å². The van der Waals surface area contributed by atoms with Crippen LogP contribution in [0.1, 0.15) is 19.2 Å². The van der Waals surface area contributed by atoms with Crippen LogP contribution in [-0.2, 0) is 11.2 Å². The summed E-state index contributed by atoms with van der Waals surface area (Å²) in [6.45, 7) is 2.56. The molecule has 100 valence electrons. The van der Waals surface area contributed by atoms with Gasteiger partial charge in [0.15, 0.2) is 11.7 Å². The third kappa shape index (κ3) is 3.58. The lowest BCUT2D eigenvalue weighted by Crippen LogP contribution is -1.97. The highest BCUT2D eigenvalue weighted by Gasteiger charge is 2.08. The minimum Gasteiger partial charge on any atom is -0.494 e. The molecule has 5 heteroatoms. The summed E-state index contributed by atoms with van der Waals surface area (Å²) in [6, 6.07) is 7.48. The van der Waals surface area contributed by atoms with Crippen LogP contribution in [0, 0.1) is 0 Å². The van der Waals surface area contributed by atoms with Crippen molar-refractivity contribution in [2.75, 3.05) is 6.61 Å². The van der Waals surface area contributed by atoms with E-state index in [-0.39, 0.29) is 6.42 Å². The SMILES string of the molecule is CCOc1ccc(-c2cnc(CCC(=O)O)o2)cc1. The summed E-state index contributed by atoms with van der Waals surface area (Å²) in [6.07, 6.45) is 1.92. The average Bonchev–Trinajstić information content (AvgIpc) is 2.86. The molecule has 0 bridgehead atoms. The van der Waals surface area contributed by atoms with Crippen LogP contribution in [0.4, 0.5) is 0 Å². The fourth-order valence-electron chi connectivity index (χ4n) is 1.66. The molecule has 0 fully saturated rings. The lowest BCUT2D eigenvalue weighted by molar-refractivity contribution is -0.137. The molecule has 0 amide bonds. The van der Waals surface area contributed by atoms with E-state index in [9.17, 15) is 4.79 Å². The van der Waals surface area contributed by atoms with Gasteiger partial charge in [0.05, 0.1) is 19.2 Å². The van der Waals surface area contributed by atoms with Gasteiger partial charge in [-0.05, 0) is 31.2 Å². The molecule has 19 heavy (non-hydrogen) atoms. The predicted molar refractivity (Wildman–Crippen MR) is 69.1 cm³/mol. The van der Waals surface area contributed by atoms with E-state index in [4.69, 9.17) is 14.3 Å². The highest BCUT2D eigenvalue weighted by molar-refractivity contribution is 5.66. The van der Waals surface area contributed by atoms with Crippen molar-refractivity contribution in [3.05, 3.63) is 36.4 Å². The molecule has 1 aromatic carbocycles. The Hall–Kier alpha value is -2.30. The number of aromatic nitrogens is 1. The predicted octanol–water partition coefficient (Wildman–Crippen LogP) is 2.76. The Balaban J connectivity index is 2.07. The van der Waals surface area contributed by atoms with Gasteiger partial charge in [-0.1, -0.05) is 0 Å². The highest BCUT2D eigenvalue weighted by Crippen LogP contribution is 2.23. The van der Waals surface area contributed by atoms with Crippen molar-refractivity contribution in [1.82, 2.24) is 4.98 Å². The highest BCUT2D eigenvalue weighted by atomic mass is 16.5. The molecule has 0 saturated carbocycles. The molecule has 0 spiro atoms. The first-order valence-corrected chi connectivity index (χ1v) is 6.08. The topological polar surface area (TPSA) is 72.6 Å². The minimum absolute atomic E-state index is 0.0171. The van der Waals surface area contributed by atoms with E-state index in [1.165, 1.54) is 0 Å². The van der Waals surface area contributed by atoms with Crippen LogP contribution in [0.2, 0.25) is 0 Å². The van der Waals surface area contributed by atoms with Gasteiger partial charge >= 0.3 is 5.97 Å². The number of carbonyl (C=O) groups is 1. The molecule has 5 nitrogen and oxygen atoms in total. The van der Waals surface area contributed by atoms with Crippen LogP contribution in [0.5, 0.6) is 5.75 Å². The third-order valence-electron chi connectivity index (χ3n) is 2.56. The van der Waals surface area contributed by atoms with E-state index in [1.807, 2.05) is 31.2 Å². The second-order valence-corrected chi connectivity index (χ2v) is 3.97. The van der Waals surface area contributed by atoms with Crippen molar-refractivity contribution in [1.29, 1.82) is 0 Å². The number of aliphatic carboxylic acids is 1. The molecule has 0 aliphatic carbocycles. The molecule has 1 aromatic heterocycles. The van der Waals surface area contributed by atoms with Crippen molar-refractivity contribution < 1.29 is 19.1 Å². The Morgan fingerprint density at radius 1 is 1.37 bits per heavy atom. The molecule has 1 heterocycles. The molecule has 0 radical (unpaired) electrons. The van der Waals surface area contributed by atoms with Crippen molar-refractivity contribution >= 4 is 5.97 Å². The summed E-state index contributed by atoms with van der Waals surface area (Å²) < 4.78 is 10.9. The molecule has 1 N–H and O–H groups in total. The zero-order valence-electron chi connectivity index (χ0n) is 10.6. The van der Waals surface area contributed by atoms with Gasteiger partial charge in [-0.15, -0.1) is 0 Å². The van der Waals surface area contributed by atoms with E-state index >= 15 is 0 Å². The van der Waals surface area contributed by atoms with Crippen molar-refractivity contribution in [3.63, 3.8) is 0 Å². The van der Waals surface area contributed by atoms with Crippen LogP contribution < -0.4 is 4.74 Å². The van der Waals surface area contributed by atoms with Crippen LogP contribution >= 0.6 is 0 Å². The summed E-state index contributed by atoms with van der Waals surface area (Å²) in [7, 11) is 0. The minimum atomic E-state index is -0.860. The summed E-state index contributed by atoms with van der Waals surface area (Å²) in [5.74, 6) is 1.01. The second kappa shape index (κ2) is 6.04. The number of aryl methyl sites for hydroxylation is 1. The molecule has 0 atom stereocenters. The van der Waals surface area contributed by atoms with E-state index in [0.717, 1.165) is 11.3 Å². The van der Waals surface area contributed by atoms with Gasteiger partial charge in [-0.3, -0.25) is 4.79 Å². The average molecular weight is 261 g/mol. The van der Waals surface area contributed by atoms with Crippen molar-refractivity contribution in [2.24, 2.45) is 0 Å². The molecule has 0 aliphatic rings. The number of rotatable bonds is 6. The van der Waals surface area contributed by atoms with Crippen LogP contribution in [-0.4, -0.2) is 22.7 Å². The van der Waals surface area contributed by atoms with E-state index in [0.29, 0.717) is 24.7 Å². The van der Waals surface area contributed by atoms with Gasteiger partial charge in [0.25, 0.3) is 0 Å². The smallest absolute Gasteiger partial charge is 0.303 e. The molecule has 0 aliphatic heterocycles. The number of oxazole rings is 1. The standard InChI is InChI=1S/C14H15NO4/c1-2-18-11-5-3-10(4-6-11)12-9-15-13(19-12)7-8-14(16)17/h3-6,9H,2,7-8H2,1H3,(H,16,17). The van der Waals surface area contributed by atoms with Crippen LogP contribution in [0.3, 0.4) is 0 Å². The molecule has 0 unspecified atom stereocenters. The second-order valence-electron chi connectivity index (χ2n) is 3.97. The van der Waals surface area contributed by atoms with Gasteiger partial charge in [-0.25, -0.2) is 4.98 Å². The number of nitrogens with zero attached hydrogens (tertiary/aromatic N) is 1. The summed E-state index contributed by atoms with van der Waals surface area (Å²) in [5, 5.41) is 8.60. The van der Waals surface area contributed by atoms with Gasteiger partial charge in [0, 0.05) is 12.0 Å². The fraction of sp³-hybridized carbons (Fsp3) is 0.286. The van der Waals surface area contributed by atoms with Gasteiger partial charge in [0.1, 0.15) is 5.75 Å². The number of carboxylic acid groups (broad SMARTS) is 1. The van der Waals surface area contributed by atoms with E-state index < -0.39 is 5.97 Å². The first-order chi connectivity index (χ1) is 9.19. The first-order valence-electron chi connectivity index (χ1n) is 6.08. The van der Waals surface area contributed by atoms with E-state index in [2.05, 4.69) is 4.98 Å². The number of hydrogen-bond acceptors (Lipinski definition) is 4. The Bertz CT molecular complexity index is 545. The number of benzene rings is 1. The largest absolute Gasteiger partial charge is 0.494 e. The van der Waals surface area contributed by atoms with Gasteiger partial charge in [0.2, 0.25) is 0 Å². The lowest BCUT2D eigenvalue weighted by atomic mass is 10.2. The third-order valence-corrected chi connectivity index (χ3v) is 2.56. The maximum Gasteiger partial charge on any atom is 0.303 e. The normalized spacial score (nSPS) is 10.4. The lowest BCUT2D eigenvalue weighted by Gasteiger charge is -2.02. The molecular formula is C14H15NO4.